The number of H-pyrrole nitrogens is 1. The van der Waals surface area contributed by atoms with Gasteiger partial charge in [-0.2, -0.15) is 5.10 Å². The van der Waals surface area contributed by atoms with E-state index >= 15 is 0 Å². The lowest BCUT2D eigenvalue weighted by Crippen LogP contribution is -2.36. The number of nitrogens with one attached hydrogen (secondary N) is 1. The molecule has 3 N–H and O–H groups in total. The fourth-order valence-electron chi connectivity index (χ4n) is 6.68. The molecule has 3 aromatic heterocycles. The molecule has 8 rings (SSSR count). The molecule has 6 aromatic rings. The van der Waals surface area contributed by atoms with Crippen LogP contribution < -0.4 is 16.0 Å². The standard InChI is InChI=1S/C36H27N5O6/c1-18-29(42)27(23-15-14-22-33(37-23)40(35(46)38-34(22)45)17-20-10-6-4-7-11-20)31-28(30(18)43)36(3)25(47-31)16-24-26(32(36)44)19(2)39-41(24)21-12-8-5-9-13-21/h4-16,42-43H,17H2,1-3H3,(H,38,45,46). The Balaban J connectivity index is 1.35. The average Bonchev–Trinajstić information content (AvgIpc) is 3.56. The van der Waals surface area contributed by atoms with Gasteiger partial charge in [0, 0.05) is 11.6 Å². The number of para-hydroxylation sites is 1. The second-order valence-corrected chi connectivity index (χ2v) is 12.0. The Bertz CT molecular complexity index is 2480. The zero-order chi connectivity index (χ0) is 32.8. The number of ether oxygens (including phenoxy) is 1. The number of phenols is 2. The van der Waals surface area contributed by atoms with Crippen LogP contribution in [0, 0.1) is 13.8 Å². The number of phenolic OH excluding ortho intramolecular Hbond substituents is 2. The number of fused-ring (bicyclic) bond motifs is 5. The molecule has 0 bridgehead atoms. The number of carbonyl (C=O) groups excluding carboxylic acids is 1. The second kappa shape index (κ2) is 9.88. The van der Waals surface area contributed by atoms with Crippen molar-refractivity contribution in [3.05, 3.63) is 133 Å². The molecule has 11 nitrogen and oxygen atoms in total. The van der Waals surface area contributed by atoms with Crippen LogP contribution in [0.2, 0.25) is 0 Å². The van der Waals surface area contributed by atoms with Crippen molar-refractivity contribution >= 4 is 22.9 Å². The number of Topliss-reactive ketones (excluding diaryl/α,β-unsaturated/α-hetero) is 1. The van der Waals surface area contributed by atoms with E-state index in [0.717, 1.165) is 11.3 Å². The van der Waals surface area contributed by atoms with E-state index in [1.807, 2.05) is 60.7 Å². The van der Waals surface area contributed by atoms with E-state index in [9.17, 15) is 24.6 Å². The van der Waals surface area contributed by atoms with Crippen LogP contribution in [0.5, 0.6) is 17.2 Å². The topological polar surface area (TPSA) is 152 Å². The van der Waals surface area contributed by atoms with Gasteiger partial charge in [-0.25, -0.2) is 14.5 Å². The molecule has 232 valence electrons. The van der Waals surface area contributed by atoms with Crippen LogP contribution in [0.15, 0.2) is 88.1 Å². The Kier molecular flexibility index (Phi) is 5.94. The number of rotatable bonds is 4. The summed E-state index contributed by atoms with van der Waals surface area (Å²) in [6.45, 7) is 5.11. The third-order valence-corrected chi connectivity index (χ3v) is 9.17. The van der Waals surface area contributed by atoms with E-state index < -0.39 is 16.7 Å². The van der Waals surface area contributed by atoms with Crippen LogP contribution >= 0.6 is 0 Å². The van der Waals surface area contributed by atoms with E-state index in [1.165, 1.54) is 23.6 Å². The summed E-state index contributed by atoms with van der Waals surface area (Å²) >= 11 is 0. The number of nitrogens with zero attached hydrogens (tertiary/aromatic N) is 4. The molecule has 47 heavy (non-hydrogen) atoms. The lowest BCUT2D eigenvalue weighted by molar-refractivity contribution is 0.0905. The minimum absolute atomic E-state index is 0.0587. The Morgan fingerprint density at radius 1 is 0.894 bits per heavy atom. The van der Waals surface area contributed by atoms with Gasteiger partial charge in [-0.05, 0) is 50.6 Å². The molecule has 0 saturated carbocycles. The van der Waals surface area contributed by atoms with E-state index in [0.29, 0.717) is 17.0 Å². The van der Waals surface area contributed by atoms with Crippen LogP contribution in [0.1, 0.15) is 45.4 Å². The fraction of sp³-hybridized carbons (Fsp3) is 0.139. The maximum absolute atomic E-state index is 14.5. The van der Waals surface area contributed by atoms with E-state index in [-0.39, 0.29) is 68.8 Å². The molecular weight excluding hydrogens is 598 g/mol. The minimum Gasteiger partial charge on any atom is -0.507 e. The van der Waals surface area contributed by atoms with Crippen LogP contribution in [0.3, 0.4) is 0 Å². The zero-order valence-electron chi connectivity index (χ0n) is 25.5. The summed E-state index contributed by atoms with van der Waals surface area (Å²) in [5.41, 5.74) is 1.04. The van der Waals surface area contributed by atoms with Gasteiger partial charge < -0.3 is 14.9 Å². The van der Waals surface area contributed by atoms with E-state index in [2.05, 4.69) is 10.1 Å². The molecule has 1 aliphatic heterocycles. The van der Waals surface area contributed by atoms with Gasteiger partial charge >= 0.3 is 5.69 Å². The number of aryl methyl sites for hydroxylation is 1. The van der Waals surface area contributed by atoms with Gasteiger partial charge in [-0.15, -0.1) is 0 Å². The van der Waals surface area contributed by atoms with Gasteiger partial charge in [0.2, 0.25) is 0 Å². The SMILES string of the molecule is Cc1nn(-c2ccccc2)c2c1C(=O)C1(C)C(=C2)Oc2c(-c3ccc4c(=O)[nH]c(=O)n(Cc5ccccc5)c4n3)c(O)c(C)c(O)c21. The van der Waals surface area contributed by atoms with Crippen molar-refractivity contribution in [1.29, 1.82) is 0 Å². The predicted octanol–water partition coefficient (Wildman–Crippen LogP) is 4.90. The molecule has 1 aliphatic carbocycles. The molecule has 0 amide bonds. The predicted molar refractivity (Wildman–Crippen MR) is 174 cm³/mol. The maximum Gasteiger partial charge on any atom is 0.330 e. The third kappa shape index (κ3) is 3.89. The summed E-state index contributed by atoms with van der Waals surface area (Å²) in [4.78, 5) is 47.4. The van der Waals surface area contributed by atoms with E-state index in [4.69, 9.17) is 9.72 Å². The van der Waals surface area contributed by atoms with Crippen LogP contribution in [0.25, 0.3) is 34.1 Å². The lowest BCUT2D eigenvalue weighted by Gasteiger charge is -2.27. The first-order chi connectivity index (χ1) is 22.6. The van der Waals surface area contributed by atoms with Gasteiger partial charge in [-0.1, -0.05) is 48.5 Å². The smallest absolute Gasteiger partial charge is 0.330 e. The number of aromatic hydroxyl groups is 2. The first kappa shape index (κ1) is 28.3. The largest absolute Gasteiger partial charge is 0.507 e. The number of hydrogen-bond acceptors (Lipinski definition) is 8. The molecule has 2 aliphatic rings. The van der Waals surface area contributed by atoms with Crippen molar-refractivity contribution in [3.8, 4) is 34.2 Å². The average molecular weight is 626 g/mol. The number of allylic oxidation sites excluding steroid dienone is 1. The van der Waals surface area contributed by atoms with Gasteiger partial charge in [-0.3, -0.25) is 19.1 Å². The Hall–Kier alpha value is -6.23. The van der Waals surface area contributed by atoms with Crippen molar-refractivity contribution in [3.63, 3.8) is 0 Å². The van der Waals surface area contributed by atoms with Crippen LogP contribution in [-0.4, -0.2) is 40.3 Å². The van der Waals surface area contributed by atoms with Crippen molar-refractivity contribution < 1.29 is 19.7 Å². The van der Waals surface area contributed by atoms with Crippen molar-refractivity contribution in [2.45, 2.75) is 32.7 Å². The van der Waals surface area contributed by atoms with Gasteiger partial charge in [0.15, 0.2) is 11.4 Å². The first-order valence-corrected chi connectivity index (χ1v) is 15.0. The fourth-order valence-corrected chi connectivity index (χ4v) is 6.68. The number of aromatic nitrogens is 5. The summed E-state index contributed by atoms with van der Waals surface area (Å²) in [7, 11) is 0. The summed E-state index contributed by atoms with van der Waals surface area (Å²) in [6, 6.07) is 21.7. The molecule has 11 heteroatoms. The summed E-state index contributed by atoms with van der Waals surface area (Å²) in [6.07, 6.45) is 1.74. The highest BCUT2D eigenvalue weighted by molar-refractivity contribution is 6.14. The molecule has 1 atom stereocenters. The molecule has 1 unspecified atom stereocenters. The number of hydrogen-bond donors (Lipinski definition) is 3. The van der Waals surface area contributed by atoms with Crippen LogP contribution in [0.4, 0.5) is 0 Å². The monoisotopic (exact) mass is 625 g/mol. The minimum atomic E-state index is -1.45. The normalized spacial score (nSPS) is 16.4. The molecule has 0 spiro atoms. The number of ketones is 1. The summed E-state index contributed by atoms with van der Waals surface area (Å²) < 4.78 is 9.46. The van der Waals surface area contributed by atoms with Gasteiger partial charge in [0.25, 0.3) is 5.56 Å². The molecule has 0 fully saturated rings. The summed E-state index contributed by atoms with van der Waals surface area (Å²) in [5.74, 6) is -0.598. The van der Waals surface area contributed by atoms with Gasteiger partial charge in [0.05, 0.1) is 51.4 Å². The number of benzene rings is 3. The highest BCUT2D eigenvalue weighted by Gasteiger charge is 2.55. The molecule has 4 heterocycles. The summed E-state index contributed by atoms with van der Waals surface area (Å²) in [5, 5.41) is 27.8. The zero-order valence-corrected chi connectivity index (χ0v) is 25.5. The number of pyridine rings is 1. The quantitative estimate of drug-likeness (QED) is 0.250. The van der Waals surface area contributed by atoms with E-state index in [1.54, 1.807) is 24.6 Å². The molecule has 0 radical (unpaired) electrons. The van der Waals surface area contributed by atoms with Crippen molar-refractivity contribution in [2.24, 2.45) is 0 Å². The van der Waals surface area contributed by atoms with Crippen molar-refractivity contribution in [2.75, 3.05) is 0 Å². The number of aromatic amines is 1. The third-order valence-electron chi connectivity index (χ3n) is 9.17. The Labute approximate surface area is 266 Å². The van der Waals surface area contributed by atoms with Crippen LogP contribution in [-0.2, 0) is 12.0 Å². The van der Waals surface area contributed by atoms with Gasteiger partial charge in [0.1, 0.15) is 28.4 Å². The lowest BCUT2D eigenvalue weighted by atomic mass is 9.71. The molecule has 0 saturated heterocycles. The molecule has 3 aromatic carbocycles. The van der Waals surface area contributed by atoms with Crippen molar-refractivity contribution in [1.82, 2.24) is 24.3 Å². The second-order valence-electron chi connectivity index (χ2n) is 12.0. The maximum atomic E-state index is 14.5. The highest BCUT2D eigenvalue weighted by Crippen LogP contribution is 2.60. The Morgan fingerprint density at radius 2 is 1.60 bits per heavy atom. The highest BCUT2D eigenvalue weighted by atomic mass is 16.5. The first-order valence-electron chi connectivity index (χ1n) is 15.0. The molecular formula is C36H27N5O6. The Morgan fingerprint density at radius 3 is 2.32 bits per heavy atom. The number of carbonyl (C=O) groups is 1.